The van der Waals surface area contributed by atoms with Crippen molar-refractivity contribution < 1.29 is 18.8 Å². The molecule has 2 saturated heterocycles. The molecule has 154 valence electrons. The Morgan fingerprint density at radius 3 is 2.86 bits per heavy atom. The molecule has 2 aliphatic heterocycles. The van der Waals surface area contributed by atoms with Crippen molar-refractivity contribution >= 4 is 17.7 Å². The van der Waals surface area contributed by atoms with E-state index >= 15 is 0 Å². The second kappa shape index (κ2) is 8.80. The van der Waals surface area contributed by atoms with E-state index in [1.165, 1.54) is 0 Å². The number of amides is 3. The van der Waals surface area contributed by atoms with E-state index in [1.807, 2.05) is 0 Å². The minimum absolute atomic E-state index is 0.0710. The lowest BCUT2D eigenvalue weighted by molar-refractivity contribution is -0.148. The standard InChI is InChI=1S/C21H31N3O4/c1-3-4-5-10-17(25)24-18(16-9-8-13-28-16)15(19(26)22-2)14-21(24)11-6-7-12-23-20(21)27/h8-9,13,15,18H,3-7,10-12,14H2,1-2H3,(H,22,26)(H,23,27)/t15-,18+,21-/m0/s1. The van der Waals surface area contributed by atoms with Gasteiger partial charge in [-0.2, -0.15) is 0 Å². The number of carbonyl (C=O) groups excluding carboxylic acids is 3. The van der Waals surface area contributed by atoms with Gasteiger partial charge in [0.25, 0.3) is 0 Å². The van der Waals surface area contributed by atoms with Crippen molar-refractivity contribution in [1.82, 2.24) is 15.5 Å². The van der Waals surface area contributed by atoms with Crippen LogP contribution in [0.1, 0.15) is 70.1 Å². The van der Waals surface area contributed by atoms with Crippen LogP contribution in [0.15, 0.2) is 22.8 Å². The normalized spacial score (nSPS) is 27.5. The summed E-state index contributed by atoms with van der Waals surface area (Å²) < 4.78 is 5.64. The van der Waals surface area contributed by atoms with Gasteiger partial charge in [-0.1, -0.05) is 19.8 Å². The van der Waals surface area contributed by atoms with Crippen molar-refractivity contribution in [1.29, 1.82) is 0 Å². The Morgan fingerprint density at radius 2 is 2.18 bits per heavy atom. The third-order valence-electron chi connectivity index (χ3n) is 6.08. The monoisotopic (exact) mass is 389 g/mol. The highest BCUT2D eigenvalue weighted by Crippen LogP contribution is 2.50. The van der Waals surface area contributed by atoms with E-state index in [0.29, 0.717) is 31.6 Å². The Kier molecular flexibility index (Phi) is 6.42. The fourth-order valence-electron chi connectivity index (χ4n) is 4.71. The summed E-state index contributed by atoms with van der Waals surface area (Å²) in [6.45, 7) is 2.70. The van der Waals surface area contributed by atoms with Crippen LogP contribution >= 0.6 is 0 Å². The molecule has 0 saturated carbocycles. The van der Waals surface area contributed by atoms with E-state index in [1.54, 1.807) is 30.3 Å². The van der Waals surface area contributed by atoms with E-state index in [9.17, 15) is 14.4 Å². The van der Waals surface area contributed by atoms with Crippen LogP contribution in [-0.2, 0) is 14.4 Å². The van der Waals surface area contributed by atoms with Crippen LogP contribution in [0.25, 0.3) is 0 Å². The number of hydrogen-bond donors (Lipinski definition) is 2. The number of nitrogens with one attached hydrogen (secondary N) is 2. The second-order valence-electron chi connectivity index (χ2n) is 7.85. The predicted molar refractivity (Wildman–Crippen MR) is 104 cm³/mol. The first kappa shape index (κ1) is 20.4. The molecule has 0 bridgehead atoms. The van der Waals surface area contributed by atoms with Gasteiger partial charge >= 0.3 is 0 Å². The summed E-state index contributed by atoms with van der Waals surface area (Å²) in [4.78, 5) is 41.0. The third kappa shape index (κ3) is 3.66. The first-order valence-electron chi connectivity index (χ1n) is 10.4. The van der Waals surface area contributed by atoms with Gasteiger partial charge in [0.2, 0.25) is 17.7 Å². The summed E-state index contributed by atoms with van der Waals surface area (Å²) in [6, 6.07) is 2.99. The number of rotatable bonds is 6. The van der Waals surface area contributed by atoms with Crippen molar-refractivity contribution in [3.05, 3.63) is 24.2 Å². The van der Waals surface area contributed by atoms with Gasteiger partial charge in [-0.3, -0.25) is 14.4 Å². The molecule has 3 amide bonds. The van der Waals surface area contributed by atoms with Crippen LogP contribution in [-0.4, -0.2) is 41.8 Å². The maximum Gasteiger partial charge on any atom is 0.246 e. The molecule has 3 atom stereocenters. The Hall–Kier alpha value is -2.31. The lowest BCUT2D eigenvalue weighted by Crippen LogP contribution is -2.57. The summed E-state index contributed by atoms with van der Waals surface area (Å²) in [5.74, 6) is -0.335. The summed E-state index contributed by atoms with van der Waals surface area (Å²) in [5.41, 5.74) is -0.992. The van der Waals surface area contributed by atoms with Gasteiger partial charge in [-0.15, -0.1) is 0 Å². The zero-order valence-electron chi connectivity index (χ0n) is 16.8. The second-order valence-corrected chi connectivity index (χ2v) is 7.85. The molecule has 7 nitrogen and oxygen atoms in total. The number of furan rings is 1. The molecule has 0 aromatic carbocycles. The molecule has 0 radical (unpaired) electrons. The molecule has 3 heterocycles. The van der Waals surface area contributed by atoms with Crippen molar-refractivity contribution in [2.45, 2.75) is 69.9 Å². The van der Waals surface area contributed by atoms with Gasteiger partial charge in [-0.25, -0.2) is 0 Å². The fourth-order valence-corrected chi connectivity index (χ4v) is 4.71. The van der Waals surface area contributed by atoms with Gasteiger partial charge in [0, 0.05) is 20.0 Å². The molecule has 7 heteroatoms. The first-order valence-corrected chi connectivity index (χ1v) is 10.4. The highest BCUT2D eigenvalue weighted by Gasteiger charge is 2.60. The molecule has 0 aliphatic carbocycles. The van der Waals surface area contributed by atoms with E-state index in [4.69, 9.17) is 4.42 Å². The van der Waals surface area contributed by atoms with Crippen LogP contribution in [0, 0.1) is 5.92 Å². The van der Waals surface area contributed by atoms with Gasteiger partial charge in [0.15, 0.2) is 0 Å². The Balaban J connectivity index is 2.05. The van der Waals surface area contributed by atoms with Crippen molar-refractivity contribution in [3.63, 3.8) is 0 Å². The zero-order chi connectivity index (χ0) is 20.1. The van der Waals surface area contributed by atoms with Crippen molar-refractivity contribution in [3.8, 4) is 0 Å². The smallest absolute Gasteiger partial charge is 0.246 e. The van der Waals surface area contributed by atoms with E-state index in [-0.39, 0.29) is 17.7 Å². The quantitative estimate of drug-likeness (QED) is 0.732. The molecule has 2 N–H and O–H groups in total. The largest absolute Gasteiger partial charge is 0.467 e. The van der Waals surface area contributed by atoms with Crippen LogP contribution < -0.4 is 10.6 Å². The summed E-state index contributed by atoms with van der Waals surface area (Å²) in [7, 11) is 1.59. The van der Waals surface area contributed by atoms with Crippen LogP contribution in [0.5, 0.6) is 0 Å². The average Bonchev–Trinajstić information content (AvgIpc) is 3.29. The molecular formula is C21H31N3O4. The number of hydrogen-bond acceptors (Lipinski definition) is 4. The number of nitrogens with zero attached hydrogens (tertiary/aromatic N) is 1. The molecule has 2 aliphatic rings. The zero-order valence-corrected chi connectivity index (χ0v) is 16.8. The van der Waals surface area contributed by atoms with Crippen LogP contribution in [0.2, 0.25) is 0 Å². The topological polar surface area (TPSA) is 91.7 Å². The molecule has 1 spiro atoms. The van der Waals surface area contributed by atoms with E-state index < -0.39 is 17.5 Å². The summed E-state index contributed by atoms with van der Waals surface area (Å²) >= 11 is 0. The Morgan fingerprint density at radius 1 is 1.36 bits per heavy atom. The summed E-state index contributed by atoms with van der Waals surface area (Å²) in [5, 5.41) is 5.69. The van der Waals surface area contributed by atoms with Crippen LogP contribution in [0.4, 0.5) is 0 Å². The number of carbonyl (C=O) groups is 3. The highest BCUT2D eigenvalue weighted by molar-refractivity contribution is 5.95. The minimum Gasteiger partial charge on any atom is -0.467 e. The third-order valence-corrected chi connectivity index (χ3v) is 6.08. The van der Waals surface area contributed by atoms with E-state index in [2.05, 4.69) is 17.6 Å². The lowest BCUT2D eigenvalue weighted by atomic mass is 9.85. The molecule has 0 unspecified atom stereocenters. The van der Waals surface area contributed by atoms with Crippen LogP contribution in [0.3, 0.4) is 0 Å². The Labute approximate surface area is 166 Å². The van der Waals surface area contributed by atoms with Crippen molar-refractivity contribution in [2.24, 2.45) is 5.92 Å². The van der Waals surface area contributed by atoms with Gasteiger partial charge in [0.05, 0.1) is 12.2 Å². The number of likely N-dealkylation sites (tertiary alicyclic amines) is 1. The molecule has 3 rings (SSSR count). The lowest BCUT2D eigenvalue weighted by Gasteiger charge is -2.38. The molecule has 2 fully saturated rings. The van der Waals surface area contributed by atoms with E-state index in [0.717, 1.165) is 32.1 Å². The maximum absolute atomic E-state index is 13.4. The maximum atomic E-state index is 13.4. The molecule has 28 heavy (non-hydrogen) atoms. The fraction of sp³-hybridized carbons (Fsp3) is 0.667. The molecule has 1 aromatic heterocycles. The minimum atomic E-state index is -0.992. The SMILES string of the molecule is CCCCCC(=O)N1[C@@H](c2ccco2)[C@@H](C(=O)NC)C[C@]12CCCCNC2=O. The van der Waals surface area contributed by atoms with Gasteiger partial charge in [-0.05, 0) is 44.2 Å². The van der Waals surface area contributed by atoms with Crippen molar-refractivity contribution in [2.75, 3.05) is 13.6 Å². The number of unbranched alkanes of at least 4 members (excludes halogenated alkanes) is 2. The molecular weight excluding hydrogens is 358 g/mol. The predicted octanol–water partition coefficient (Wildman–Crippen LogP) is 2.53. The molecule has 1 aromatic rings. The Bertz CT molecular complexity index is 703. The van der Waals surface area contributed by atoms with Gasteiger partial charge in [0.1, 0.15) is 17.3 Å². The summed E-state index contributed by atoms with van der Waals surface area (Å²) in [6.07, 6.45) is 7.29. The van der Waals surface area contributed by atoms with Gasteiger partial charge < -0.3 is 20.0 Å². The highest BCUT2D eigenvalue weighted by atomic mass is 16.3. The first-order chi connectivity index (χ1) is 13.5. The average molecular weight is 389 g/mol.